The van der Waals surface area contributed by atoms with Crippen molar-refractivity contribution in [3.63, 3.8) is 0 Å². The number of halogens is 2. The van der Waals surface area contributed by atoms with Crippen LogP contribution in [0.4, 0.5) is 14.5 Å². The maximum Gasteiger partial charge on any atom is 0.328 e. The second kappa shape index (κ2) is 7.31. The van der Waals surface area contributed by atoms with Crippen LogP contribution in [0, 0.1) is 11.6 Å². The summed E-state index contributed by atoms with van der Waals surface area (Å²) in [7, 11) is 0. The van der Waals surface area contributed by atoms with Crippen molar-refractivity contribution in [3.05, 3.63) is 62.9 Å². The van der Waals surface area contributed by atoms with Gasteiger partial charge in [-0.3, -0.25) is 23.9 Å². The highest BCUT2D eigenvalue weighted by molar-refractivity contribution is 5.93. The first-order valence-electron chi connectivity index (χ1n) is 6.56. The predicted octanol–water partition coefficient (Wildman–Crippen LogP) is -0.00330. The average molecular weight is 339 g/mol. The molecule has 0 radical (unpaired) electrons. The highest BCUT2D eigenvalue weighted by Crippen LogP contribution is 2.17. The molecule has 8 nitrogen and oxygen atoms in total. The summed E-state index contributed by atoms with van der Waals surface area (Å²) < 4.78 is 32.1. The number of anilines is 1. The van der Waals surface area contributed by atoms with Crippen molar-refractivity contribution in [2.45, 2.75) is 6.54 Å². The van der Waals surface area contributed by atoms with Crippen LogP contribution in [-0.4, -0.2) is 28.0 Å². The summed E-state index contributed by atoms with van der Waals surface area (Å²) in [5, 5.41) is 1.93. The Morgan fingerprint density at radius 2 is 1.83 bits per heavy atom. The van der Waals surface area contributed by atoms with E-state index < -0.39 is 53.6 Å². The Bertz CT molecular complexity index is 870. The van der Waals surface area contributed by atoms with Crippen molar-refractivity contribution < 1.29 is 23.1 Å². The van der Waals surface area contributed by atoms with Crippen LogP contribution in [0.5, 0.6) is 0 Å². The Balaban J connectivity index is 1.90. The summed E-state index contributed by atoms with van der Waals surface area (Å²) >= 11 is 0. The third kappa shape index (κ3) is 4.35. The molecule has 0 atom stereocenters. The molecule has 0 unspecified atom stereocenters. The predicted molar refractivity (Wildman–Crippen MR) is 77.3 cm³/mol. The van der Waals surface area contributed by atoms with Crippen molar-refractivity contribution in [3.8, 4) is 0 Å². The van der Waals surface area contributed by atoms with Crippen LogP contribution in [0.15, 0.2) is 40.1 Å². The minimum Gasteiger partial charge on any atom is -0.454 e. The molecular weight excluding hydrogens is 328 g/mol. The number of ether oxygens (including phenoxy) is 1. The topological polar surface area (TPSA) is 110 Å². The highest BCUT2D eigenvalue weighted by atomic mass is 19.1. The smallest absolute Gasteiger partial charge is 0.328 e. The highest BCUT2D eigenvalue weighted by Gasteiger charge is 2.14. The number of aromatic amines is 1. The molecule has 0 aliphatic heterocycles. The van der Waals surface area contributed by atoms with Crippen LogP contribution in [-0.2, 0) is 20.9 Å². The number of nitrogens with one attached hydrogen (secondary N) is 2. The lowest BCUT2D eigenvalue weighted by Crippen LogP contribution is -2.32. The van der Waals surface area contributed by atoms with Crippen molar-refractivity contribution in [2.24, 2.45) is 0 Å². The minimum atomic E-state index is -0.977. The zero-order chi connectivity index (χ0) is 17.7. The Morgan fingerprint density at radius 1 is 1.17 bits per heavy atom. The van der Waals surface area contributed by atoms with Gasteiger partial charge in [-0.2, -0.15) is 0 Å². The number of H-pyrrole nitrogens is 1. The summed E-state index contributed by atoms with van der Waals surface area (Å²) in [5.74, 6) is -3.86. The van der Waals surface area contributed by atoms with Gasteiger partial charge in [0.1, 0.15) is 23.9 Å². The summed E-state index contributed by atoms with van der Waals surface area (Å²) in [6.07, 6.45) is 1.08. The largest absolute Gasteiger partial charge is 0.454 e. The Labute approximate surface area is 132 Å². The number of aromatic nitrogens is 2. The minimum absolute atomic E-state index is 0.545. The molecule has 0 aliphatic carbocycles. The molecule has 0 aliphatic rings. The first-order chi connectivity index (χ1) is 11.4. The van der Waals surface area contributed by atoms with Gasteiger partial charge in [0.05, 0.1) is 0 Å². The maximum atomic E-state index is 13.3. The molecule has 0 bridgehead atoms. The van der Waals surface area contributed by atoms with E-state index in [9.17, 15) is 28.0 Å². The van der Waals surface area contributed by atoms with Crippen LogP contribution in [0.25, 0.3) is 0 Å². The fourth-order valence-electron chi connectivity index (χ4n) is 1.69. The summed E-state index contributed by atoms with van der Waals surface area (Å²) in [5.41, 5.74) is -2.11. The number of carbonyl (C=O) groups excluding carboxylic acids is 2. The lowest BCUT2D eigenvalue weighted by atomic mass is 10.3. The maximum absolute atomic E-state index is 13.3. The Kier molecular flexibility index (Phi) is 5.20. The Morgan fingerprint density at radius 3 is 2.46 bits per heavy atom. The third-order valence-corrected chi connectivity index (χ3v) is 2.79. The molecule has 1 heterocycles. The van der Waals surface area contributed by atoms with E-state index in [1.165, 1.54) is 0 Å². The SMILES string of the molecule is O=C(COC(=O)Cn1ccc(=O)[nH]c1=O)Nc1c(F)cccc1F. The average Bonchev–Trinajstić information content (AvgIpc) is 2.52. The summed E-state index contributed by atoms with van der Waals surface area (Å²) in [6, 6.07) is 4.06. The molecule has 24 heavy (non-hydrogen) atoms. The number of benzene rings is 1. The van der Waals surface area contributed by atoms with Crippen LogP contribution >= 0.6 is 0 Å². The van der Waals surface area contributed by atoms with Gasteiger partial charge in [-0.05, 0) is 12.1 Å². The van der Waals surface area contributed by atoms with Crippen molar-refractivity contribution >= 4 is 17.6 Å². The van der Waals surface area contributed by atoms with E-state index in [-0.39, 0.29) is 0 Å². The van der Waals surface area contributed by atoms with Gasteiger partial charge < -0.3 is 10.1 Å². The van der Waals surface area contributed by atoms with Gasteiger partial charge in [0, 0.05) is 12.3 Å². The van der Waals surface area contributed by atoms with Crippen LogP contribution in [0.2, 0.25) is 0 Å². The van der Waals surface area contributed by atoms with Crippen molar-refractivity contribution in [2.75, 3.05) is 11.9 Å². The molecule has 1 aromatic heterocycles. The third-order valence-electron chi connectivity index (χ3n) is 2.79. The number of hydrogen-bond donors (Lipinski definition) is 2. The molecule has 0 fully saturated rings. The zero-order valence-electron chi connectivity index (χ0n) is 12.0. The zero-order valence-corrected chi connectivity index (χ0v) is 12.0. The van der Waals surface area contributed by atoms with E-state index in [4.69, 9.17) is 0 Å². The quantitative estimate of drug-likeness (QED) is 0.745. The molecule has 10 heteroatoms. The first-order valence-corrected chi connectivity index (χ1v) is 6.56. The van der Waals surface area contributed by atoms with Gasteiger partial charge in [-0.1, -0.05) is 6.07 Å². The first kappa shape index (κ1) is 17.1. The van der Waals surface area contributed by atoms with Crippen molar-refractivity contribution in [1.29, 1.82) is 0 Å². The Hall–Kier alpha value is -3.30. The molecule has 1 amide bonds. The number of esters is 1. The lowest BCUT2D eigenvalue weighted by Gasteiger charge is -2.08. The van der Waals surface area contributed by atoms with E-state index >= 15 is 0 Å². The van der Waals surface area contributed by atoms with Gasteiger partial charge in [0.2, 0.25) is 0 Å². The van der Waals surface area contributed by atoms with E-state index in [1.807, 2.05) is 10.3 Å². The summed E-state index contributed by atoms with van der Waals surface area (Å²) in [4.78, 5) is 47.3. The molecule has 0 saturated heterocycles. The van der Waals surface area contributed by atoms with Crippen LogP contribution in [0.3, 0.4) is 0 Å². The number of nitrogens with zero attached hydrogens (tertiary/aromatic N) is 1. The molecule has 126 valence electrons. The normalized spacial score (nSPS) is 10.2. The number of para-hydroxylation sites is 1. The fourth-order valence-corrected chi connectivity index (χ4v) is 1.69. The lowest BCUT2D eigenvalue weighted by molar-refractivity contribution is -0.148. The van der Waals surface area contributed by atoms with Crippen molar-refractivity contribution in [1.82, 2.24) is 9.55 Å². The van der Waals surface area contributed by atoms with E-state index in [2.05, 4.69) is 4.74 Å². The van der Waals surface area contributed by atoms with Gasteiger partial charge in [0.25, 0.3) is 11.5 Å². The van der Waals surface area contributed by atoms with E-state index in [0.29, 0.717) is 0 Å². The van der Waals surface area contributed by atoms with Crippen LogP contribution < -0.4 is 16.6 Å². The second-order valence-electron chi connectivity index (χ2n) is 4.54. The van der Waals surface area contributed by atoms with E-state index in [0.717, 1.165) is 35.0 Å². The second-order valence-corrected chi connectivity index (χ2v) is 4.54. The van der Waals surface area contributed by atoms with Gasteiger partial charge in [-0.25, -0.2) is 13.6 Å². The number of amides is 1. The van der Waals surface area contributed by atoms with Crippen LogP contribution in [0.1, 0.15) is 0 Å². The molecular formula is C14H11F2N3O5. The monoisotopic (exact) mass is 339 g/mol. The number of carbonyl (C=O) groups is 2. The molecule has 2 N–H and O–H groups in total. The summed E-state index contributed by atoms with van der Waals surface area (Å²) in [6.45, 7) is -1.35. The number of rotatable bonds is 5. The molecule has 1 aromatic carbocycles. The molecule has 2 aromatic rings. The van der Waals surface area contributed by atoms with Gasteiger partial charge >= 0.3 is 11.7 Å². The van der Waals surface area contributed by atoms with Gasteiger partial charge in [0.15, 0.2) is 6.61 Å². The van der Waals surface area contributed by atoms with E-state index in [1.54, 1.807) is 0 Å². The molecule has 2 rings (SSSR count). The molecule has 0 saturated carbocycles. The number of hydrogen-bond acceptors (Lipinski definition) is 5. The molecule has 0 spiro atoms. The fraction of sp³-hybridized carbons (Fsp3) is 0.143. The van der Waals surface area contributed by atoms with Gasteiger partial charge in [-0.15, -0.1) is 0 Å². The standard InChI is InChI=1S/C14H11F2N3O5/c15-8-2-1-3-9(16)13(8)17-11(21)7-24-12(22)6-19-5-4-10(20)18-14(19)23/h1-5H,6-7H2,(H,17,21)(H,18,20,23).